The molecule has 0 bridgehead atoms. The molecule has 94 valence electrons. The summed E-state index contributed by atoms with van der Waals surface area (Å²) in [6, 6.07) is 7.43. The molecule has 1 atom stereocenters. The Labute approximate surface area is 107 Å². The highest BCUT2D eigenvalue weighted by Gasteiger charge is 2.13. The minimum atomic E-state index is -0.144. The van der Waals surface area contributed by atoms with Crippen LogP contribution in [0.15, 0.2) is 24.3 Å². The average molecular weight is 256 g/mol. The first-order valence-corrected chi connectivity index (χ1v) is 5.98. The second kappa shape index (κ2) is 6.62. The fourth-order valence-corrected chi connectivity index (χ4v) is 1.54. The van der Waals surface area contributed by atoms with Gasteiger partial charge in [0, 0.05) is 24.6 Å². The molecular formula is C13H18ClNO2. The summed E-state index contributed by atoms with van der Waals surface area (Å²) in [6.07, 6.45) is -0.144. The molecule has 0 saturated heterocycles. The van der Waals surface area contributed by atoms with Crippen LogP contribution in [0.5, 0.6) is 0 Å². The van der Waals surface area contributed by atoms with E-state index < -0.39 is 0 Å². The van der Waals surface area contributed by atoms with Gasteiger partial charge in [-0.2, -0.15) is 0 Å². The minimum Gasteiger partial charge on any atom is -0.375 e. The molecule has 0 fully saturated rings. The second-order valence-electron chi connectivity index (χ2n) is 4.18. The molecule has 3 nitrogen and oxygen atoms in total. The Morgan fingerprint density at radius 3 is 2.41 bits per heavy atom. The normalized spacial score (nSPS) is 12.5. The van der Waals surface area contributed by atoms with Gasteiger partial charge in [0.05, 0.1) is 6.10 Å². The number of benzene rings is 1. The van der Waals surface area contributed by atoms with Crippen molar-refractivity contribution in [2.75, 3.05) is 13.7 Å². The Hall–Kier alpha value is -1.06. The summed E-state index contributed by atoms with van der Waals surface area (Å²) in [5.74, 6) is 0.0127. The van der Waals surface area contributed by atoms with E-state index in [-0.39, 0.29) is 17.9 Å². The van der Waals surface area contributed by atoms with Gasteiger partial charge in [-0.1, -0.05) is 37.6 Å². The van der Waals surface area contributed by atoms with Crippen LogP contribution in [0, 0.1) is 5.92 Å². The Kier molecular flexibility index (Phi) is 5.45. The lowest BCUT2D eigenvalue weighted by Gasteiger charge is -2.17. The van der Waals surface area contributed by atoms with E-state index in [9.17, 15) is 4.79 Å². The van der Waals surface area contributed by atoms with Crippen molar-refractivity contribution in [1.82, 2.24) is 5.32 Å². The van der Waals surface area contributed by atoms with Gasteiger partial charge in [-0.15, -0.1) is 0 Å². The molecule has 1 rings (SSSR count). The number of carbonyl (C=O) groups excluding carboxylic acids is 1. The summed E-state index contributed by atoms with van der Waals surface area (Å²) in [6.45, 7) is 4.19. The van der Waals surface area contributed by atoms with Gasteiger partial charge in [0.15, 0.2) is 0 Å². The first-order chi connectivity index (χ1) is 8.04. The Morgan fingerprint density at radius 2 is 1.94 bits per heavy atom. The maximum Gasteiger partial charge on any atom is 0.222 e. The van der Waals surface area contributed by atoms with Crippen LogP contribution < -0.4 is 5.32 Å². The molecule has 1 amide bonds. The van der Waals surface area contributed by atoms with Gasteiger partial charge < -0.3 is 10.1 Å². The number of hydrogen-bond donors (Lipinski definition) is 1. The minimum absolute atomic E-state index is 0.0160. The van der Waals surface area contributed by atoms with Gasteiger partial charge in [-0.25, -0.2) is 0 Å². The van der Waals surface area contributed by atoms with Crippen molar-refractivity contribution in [2.45, 2.75) is 20.0 Å². The second-order valence-corrected chi connectivity index (χ2v) is 4.61. The van der Waals surface area contributed by atoms with E-state index in [1.807, 2.05) is 38.1 Å². The number of ether oxygens (including phenoxy) is 1. The van der Waals surface area contributed by atoms with Crippen LogP contribution in [-0.4, -0.2) is 19.6 Å². The van der Waals surface area contributed by atoms with Crippen molar-refractivity contribution < 1.29 is 9.53 Å². The zero-order valence-electron chi connectivity index (χ0n) is 10.4. The molecule has 0 unspecified atom stereocenters. The van der Waals surface area contributed by atoms with Crippen molar-refractivity contribution in [3.63, 3.8) is 0 Å². The predicted octanol–water partition coefficient (Wildman–Crippen LogP) is 2.80. The van der Waals surface area contributed by atoms with Crippen LogP contribution in [0.3, 0.4) is 0 Å². The topological polar surface area (TPSA) is 38.3 Å². The number of nitrogens with one attached hydrogen (secondary N) is 1. The Morgan fingerprint density at radius 1 is 1.35 bits per heavy atom. The van der Waals surface area contributed by atoms with E-state index in [1.54, 1.807) is 7.11 Å². The molecule has 0 spiro atoms. The summed E-state index contributed by atoms with van der Waals surface area (Å²) >= 11 is 5.82. The summed E-state index contributed by atoms with van der Waals surface area (Å²) in [5.41, 5.74) is 1.00. The quantitative estimate of drug-likeness (QED) is 0.879. The van der Waals surface area contributed by atoms with Crippen LogP contribution in [0.2, 0.25) is 5.02 Å². The number of hydrogen-bond acceptors (Lipinski definition) is 2. The molecule has 4 heteroatoms. The fourth-order valence-electron chi connectivity index (χ4n) is 1.41. The molecule has 0 aliphatic heterocycles. The van der Waals surface area contributed by atoms with Crippen molar-refractivity contribution in [2.24, 2.45) is 5.92 Å². The van der Waals surface area contributed by atoms with E-state index in [4.69, 9.17) is 16.3 Å². The van der Waals surface area contributed by atoms with Gasteiger partial charge in [0.25, 0.3) is 0 Å². The van der Waals surface area contributed by atoms with Gasteiger partial charge in [0.2, 0.25) is 5.91 Å². The highest BCUT2D eigenvalue weighted by Crippen LogP contribution is 2.18. The third-order valence-electron chi connectivity index (χ3n) is 2.51. The standard InChI is InChI=1S/C13H18ClNO2/c1-9(2)13(16)15-8-12(17-3)10-4-6-11(14)7-5-10/h4-7,9,12H,8H2,1-3H3,(H,15,16)/t12-/m0/s1. The first-order valence-electron chi connectivity index (χ1n) is 5.60. The lowest BCUT2D eigenvalue weighted by Crippen LogP contribution is -2.32. The van der Waals surface area contributed by atoms with E-state index in [0.717, 1.165) is 5.56 Å². The van der Waals surface area contributed by atoms with E-state index >= 15 is 0 Å². The molecule has 1 aromatic carbocycles. The lowest BCUT2D eigenvalue weighted by atomic mass is 10.1. The summed E-state index contributed by atoms with van der Waals surface area (Å²) in [4.78, 5) is 11.5. The highest BCUT2D eigenvalue weighted by molar-refractivity contribution is 6.30. The van der Waals surface area contributed by atoms with Crippen LogP contribution in [0.25, 0.3) is 0 Å². The highest BCUT2D eigenvalue weighted by atomic mass is 35.5. The largest absolute Gasteiger partial charge is 0.375 e. The summed E-state index contributed by atoms with van der Waals surface area (Å²) in [7, 11) is 1.63. The number of carbonyl (C=O) groups is 1. The van der Waals surface area contributed by atoms with E-state index in [0.29, 0.717) is 11.6 Å². The maximum atomic E-state index is 11.5. The van der Waals surface area contributed by atoms with Crippen LogP contribution in [0.4, 0.5) is 0 Å². The summed E-state index contributed by atoms with van der Waals surface area (Å²) < 4.78 is 5.35. The van der Waals surface area contributed by atoms with Crippen LogP contribution >= 0.6 is 11.6 Å². The third-order valence-corrected chi connectivity index (χ3v) is 2.76. The molecule has 0 aromatic heterocycles. The molecule has 0 saturated carbocycles. The molecule has 0 heterocycles. The number of rotatable bonds is 5. The first kappa shape index (κ1) is 14.0. The van der Waals surface area contributed by atoms with Gasteiger partial charge in [0.1, 0.15) is 0 Å². The maximum absolute atomic E-state index is 11.5. The van der Waals surface area contributed by atoms with Crippen molar-refractivity contribution >= 4 is 17.5 Å². The molecule has 1 N–H and O–H groups in total. The third kappa shape index (κ3) is 4.36. The molecule has 1 aromatic rings. The Bertz CT molecular complexity index is 362. The smallest absolute Gasteiger partial charge is 0.222 e. The average Bonchev–Trinajstić information content (AvgIpc) is 2.31. The van der Waals surface area contributed by atoms with E-state index in [1.165, 1.54) is 0 Å². The predicted molar refractivity (Wildman–Crippen MR) is 69.0 cm³/mol. The Balaban J connectivity index is 2.60. The number of halogens is 1. The van der Waals surface area contributed by atoms with Crippen molar-refractivity contribution in [3.8, 4) is 0 Å². The SMILES string of the molecule is CO[C@@H](CNC(=O)C(C)C)c1ccc(Cl)cc1. The monoisotopic (exact) mass is 255 g/mol. The van der Waals surface area contributed by atoms with Crippen molar-refractivity contribution in [3.05, 3.63) is 34.9 Å². The molecule has 0 aliphatic carbocycles. The number of methoxy groups -OCH3 is 1. The van der Waals surface area contributed by atoms with Gasteiger partial charge >= 0.3 is 0 Å². The molecule has 17 heavy (non-hydrogen) atoms. The molecule has 0 radical (unpaired) electrons. The van der Waals surface area contributed by atoms with E-state index in [2.05, 4.69) is 5.32 Å². The fraction of sp³-hybridized carbons (Fsp3) is 0.462. The lowest BCUT2D eigenvalue weighted by molar-refractivity contribution is -0.124. The number of amides is 1. The van der Waals surface area contributed by atoms with Crippen LogP contribution in [0.1, 0.15) is 25.5 Å². The van der Waals surface area contributed by atoms with Gasteiger partial charge in [-0.05, 0) is 17.7 Å². The summed E-state index contributed by atoms with van der Waals surface area (Å²) in [5, 5.41) is 3.54. The zero-order chi connectivity index (χ0) is 12.8. The van der Waals surface area contributed by atoms with Gasteiger partial charge in [-0.3, -0.25) is 4.79 Å². The van der Waals surface area contributed by atoms with Crippen LogP contribution in [-0.2, 0) is 9.53 Å². The molecular weight excluding hydrogens is 238 g/mol. The molecule has 0 aliphatic rings. The zero-order valence-corrected chi connectivity index (χ0v) is 11.1. The van der Waals surface area contributed by atoms with Crippen molar-refractivity contribution in [1.29, 1.82) is 0 Å².